The van der Waals surface area contributed by atoms with Crippen LogP contribution in [0.25, 0.3) is 0 Å². The third kappa shape index (κ3) is 3.75. The zero-order valence-corrected chi connectivity index (χ0v) is 13.7. The fraction of sp³-hybridized carbons (Fsp3) is 0.714. The number of anilines is 1. The number of rotatable bonds is 4. The van der Waals surface area contributed by atoms with E-state index < -0.39 is 0 Å². The number of halogens is 1. The predicted molar refractivity (Wildman–Crippen MR) is 86.0 cm³/mol. The average molecular weight is 314 g/mol. The van der Waals surface area contributed by atoms with Crippen LogP contribution in [0.15, 0.2) is 11.0 Å². The van der Waals surface area contributed by atoms with E-state index in [1.165, 1.54) is 4.68 Å². The second kappa shape index (κ2) is 6.77. The van der Waals surface area contributed by atoms with Gasteiger partial charge in [-0.1, -0.05) is 18.5 Å². The smallest absolute Gasteiger partial charge is 0.287 e. The maximum Gasteiger partial charge on any atom is 0.287 e. The molecule has 0 amide bonds. The first-order valence-electron chi connectivity index (χ1n) is 7.31. The minimum Gasteiger partial charge on any atom is -0.368 e. The topological polar surface area (TPSA) is 67.4 Å². The zero-order chi connectivity index (χ0) is 15.6. The van der Waals surface area contributed by atoms with Gasteiger partial charge in [0.05, 0.1) is 18.4 Å². The highest BCUT2D eigenvalue weighted by Crippen LogP contribution is 2.26. The van der Waals surface area contributed by atoms with E-state index in [9.17, 15) is 4.79 Å². The minimum absolute atomic E-state index is 0.216. The zero-order valence-electron chi connectivity index (χ0n) is 12.9. The van der Waals surface area contributed by atoms with Gasteiger partial charge in [0.25, 0.3) is 5.56 Å². The molecule has 2 N–H and O–H groups in total. The summed E-state index contributed by atoms with van der Waals surface area (Å²) in [4.78, 5) is 16.4. The molecule has 0 aliphatic carbocycles. The third-order valence-electron chi connectivity index (χ3n) is 4.04. The minimum atomic E-state index is -0.224. The SMILES string of the molecule is CC1CN(c2cnn(CCN(C)C)c(=O)c2Cl)CCC1N. The van der Waals surface area contributed by atoms with E-state index in [0.29, 0.717) is 12.5 Å². The second-order valence-corrected chi connectivity index (χ2v) is 6.43. The summed E-state index contributed by atoms with van der Waals surface area (Å²) in [6, 6.07) is 0.216. The summed E-state index contributed by atoms with van der Waals surface area (Å²) in [6.45, 7) is 5.03. The molecule has 118 valence electrons. The van der Waals surface area contributed by atoms with E-state index in [2.05, 4.69) is 16.9 Å². The number of piperidine rings is 1. The van der Waals surface area contributed by atoms with E-state index in [-0.39, 0.29) is 16.6 Å². The molecule has 1 aromatic rings. The second-order valence-electron chi connectivity index (χ2n) is 6.05. The van der Waals surface area contributed by atoms with Crippen molar-refractivity contribution in [2.24, 2.45) is 11.7 Å². The Balaban J connectivity index is 2.19. The Hall–Kier alpha value is -1.11. The van der Waals surface area contributed by atoms with Crippen molar-refractivity contribution in [1.82, 2.24) is 14.7 Å². The summed E-state index contributed by atoms with van der Waals surface area (Å²) in [7, 11) is 3.92. The van der Waals surface area contributed by atoms with Gasteiger partial charge in [0.2, 0.25) is 0 Å². The standard InChI is InChI=1S/C14H24ClN5O/c1-10-9-19(5-4-11(10)16)12-8-17-20(7-6-18(2)3)14(21)13(12)15/h8,10-11H,4-7,9,16H2,1-3H3. The Kier molecular flexibility index (Phi) is 5.24. The summed E-state index contributed by atoms with van der Waals surface area (Å²) in [5.41, 5.74) is 6.53. The summed E-state index contributed by atoms with van der Waals surface area (Å²) in [5.74, 6) is 0.381. The van der Waals surface area contributed by atoms with Crippen molar-refractivity contribution in [2.45, 2.75) is 25.9 Å². The van der Waals surface area contributed by atoms with Crippen molar-refractivity contribution in [3.05, 3.63) is 21.6 Å². The quantitative estimate of drug-likeness (QED) is 0.883. The highest BCUT2D eigenvalue weighted by atomic mass is 35.5. The summed E-state index contributed by atoms with van der Waals surface area (Å²) < 4.78 is 1.42. The van der Waals surface area contributed by atoms with Crippen molar-refractivity contribution >= 4 is 17.3 Å². The Morgan fingerprint density at radius 1 is 1.52 bits per heavy atom. The van der Waals surface area contributed by atoms with Crippen molar-refractivity contribution in [2.75, 3.05) is 38.6 Å². The number of nitrogens with two attached hydrogens (primary N) is 1. The third-order valence-corrected chi connectivity index (χ3v) is 4.39. The van der Waals surface area contributed by atoms with Gasteiger partial charge in [-0.05, 0) is 26.4 Å². The van der Waals surface area contributed by atoms with Crippen molar-refractivity contribution in [1.29, 1.82) is 0 Å². The van der Waals surface area contributed by atoms with Crippen LogP contribution in [-0.4, -0.2) is 54.5 Å². The van der Waals surface area contributed by atoms with Gasteiger partial charge in [0, 0.05) is 25.7 Å². The van der Waals surface area contributed by atoms with Crippen LogP contribution in [0.3, 0.4) is 0 Å². The highest BCUT2D eigenvalue weighted by molar-refractivity contribution is 6.33. The van der Waals surface area contributed by atoms with E-state index in [1.54, 1.807) is 6.20 Å². The van der Waals surface area contributed by atoms with Crippen molar-refractivity contribution < 1.29 is 0 Å². The molecule has 1 aliphatic heterocycles. The van der Waals surface area contributed by atoms with Crippen LogP contribution in [0.1, 0.15) is 13.3 Å². The van der Waals surface area contributed by atoms with E-state index in [1.807, 2.05) is 19.0 Å². The van der Waals surface area contributed by atoms with Crippen LogP contribution in [-0.2, 0) is 6.54 Å². The molecule has 7 heteroatoms. The van der Waals surface area contributed by atoms with Gasteiger partial charge in [-0.2, -0.15) is 5.10 Å². The Bertz CT molecular complexity index is 545. The largest absolute Gasteiger partial charge is 0.368 e. The molecular weight excluding hydrogens is 290 g/mol. The van der Waals surface area contributed by atoms with Gasteiger partial charge in [-0.25, -0.2) is 4.68 Å². The van der Waals surface area contributed by atoms with Crippen LogP contribution < -0.4 is 16.2 Å². The maximum absolute atomic E-state index is 12.3. The monoisotopic (exact) mass is 313 g/mol. The molecule has 2 rings (SSSR count). The molecule has 2 heterocycles. The first kappa shape index (κ1) is 16.3. The predicted octanol–water partition coefficient (Wildman–Crippen LogP) is 0.632. The number of nitrogens with zero attached hydrogens (tertiary/aromatic N) is 4. The number of likely N-dealkylation sites (N-methyl/N-ethyl adjacent to an activating group) is 1. The molecule has 0 spiro atoms. The van der Waals surface area contributed by atoms with E-state index in [0.717, 1.165) is 31.7 Å². The van der Waals surface area contributed by atoms with Gasteiger partial charge in [0.1, 0.15) is 5.02 Å². The lowest BCUT2D eigenvalue weighted by atomic mass is 9.94. The normalized spacial score (nSPS) is 22.9. The van der Waals surface area contributed by atoms with Crippen LogP contribution in [0, 0.1) is 5.92 Å². The Morgan fingerprint density at radius 2 is 2.24 bits per heavy atom. The molecule has 2 unspecified atom stereocenters. The molecule has 0 radical (unpaired) electrons. The summed E-state index contributed by atoms with van der Waals surface area (Å²) >= 11 is 6.27. The van der Waals surface area contributed by atoms with Crippen LogP contribution in [0.2, 0.25) is 5.02 Å². The molecular formula is C14H24ClN5O. The fourth-order valence-corrected chi connectivity index (χ4v) is 2.78. The maximum atomic E-state index is 12.3. The molecule has 0 aromatic carbocycles. The fourth-order valence-electron chi connectivity index (χ4n) is 2.51. The van der Waals surface area contributed by atoms with Gasteiger partial charge in [-0.15, -0.1) is 0 Å². The first-order chi connectivity index (χ1) is 9.90. The molecule has 0 bridgehead atoms. The lowest BCUT2D eigenvalue weighted by molar-refractivity contribution is 0.366. The molecule has 1 aromatic heterocycles. The van der Waals surface area contributed by atoms with Crippen molar-refractivity contribution in [3.63, 3.8) is 0 Å². The summed E-state index contributed by atoms with van der Waals surface area (Å²) in [6.07, 6.45) is 2.60. The summed E-state index contributed by atoms with van der Waals surface area (Å²) in [5, 5.41) is 4.51. The lowest BCUT2D eigenvalue weighted by Crippen LogP contribution is -2.46. The molecule has 1 aliphatic rings. The van der Waals surface area contributed by atoms with Gasteiger partial charge in [0.15, 0.2) is 0 Å². The van der Waals surface area contributed by atoms with E-state index >= 15 is 0 Å². The van der Waals surface area contributed by atoms with Gasteiger partial charge >= 0.3 is 0 Å². The highest BCUT2D eigenvalue weighted by Gasteiger charge is 2.25. The molecule has 21 heavy (non-hydrogen) atoms. The molecule has 1 fully saturated rings. The molecule has 1 saturated heterocycles. The van der Waals surface area contributed by atoms with Gasteiger partial charge < -0.3 is 15.5 Å². The van der Waals surface area contributed by atoms with Crippen LogP contribution in [0.4, 0.5) is 5.69 Å². The number of aromatic nitrogens is 2. The number of hydrogen-bond acceptors (Lipinski definition) is 5. The number of hydrogen-bond donors (Lipinski definition) is 1. The average Bonchev–Trinajstić information content (AvgIpc) is 2.43. The van der Waals surface area contributed by atoms with E-state index in [4.69, 9.17) is 17.3 Å². The Morgan fingerprint density at radius 3 is 2.86 bits per heavy atom. The van der Waals surface area contributed by atoms with Crippen LogP contribution >= 0.6 is 11.6 Å². The lowest BCUT2D eigenvalue weighted by Gasteiger charge is -2.36. The van der Waals surface area contributed by atoms with Gasteiger partial charge in [-0.3, -0.25) is 4.79 Å². The van der Waals surface area contributed by atoms with Crippen LogP contribution in [0.5, 0.6) is 0 Å². The molecule has 0 saturated carbocycles. The molecule has 2 atom stereocenters. The molecule has 6 nitrogen and oxygen atoms in total. The Labute approximate surface area is 130 Å². The first-order valence-corrected chi connectivity index (χ1v) is 7.69. The van der Waals surface area contributed by atoms with Crippen molar-refractivity contribution in [3.8, 4) is 0 Å².